The molecule has 134 valence electrons. The summed E-state index contributed by atoms with van der Waals surface area (Å²) >= 11 is 1.28. The second-order valence-electron chi connectivity index (χ2n) is 5.02. The Balaban J connectivity index is 2.29. The number of thiazole rings is 1. The molecular formula is C16H14N4O5S. The molecule has 1 amide bonds. The molecule has 0 bridgehead atoms. The average Bonchev–Trinajstić information content (AvgIpc) is 3.19. The zero-order valence-electron chi connectivity index (χ0n) is 14.1. The van der Waals surface area contributed by atoms with Gasteiger partial charge in [0.15, 0.2) is 0 Å². The van der Waals surface area contributed by atoms with Crippen LogP contribution in [0.5, 0.6) is 17.4 Å². The van der Waals surface area contributed by atoms with Crippen LogP contribution in [-0.4, -0.2) is 42.1 Å². The summed E-state index contributed by atoms with van der Waals surface area (Å²) in [7, 11) is 4.39. The van der Waals surface area contributed by atoms with E-state index in [-0.39, 0.29) is 11.6 Å². The number of amides is 1. The Kier molecular flexibility index (Phi) is 4.55. The lowest BCUT2D eigenvalue weighted by Gasteiger charge is -2.12. The van der Waals surface area contributed by atoms with Gasteiger partial charge in [-0.25, -0.2) is 9.31 Å². The second-order valence-corrected chi connectivity index (χ2v) is 5.88. The highest BCUT2D eigenvalue weighted by Crippen LogP contribution is 2.43. The van der Waals surface area contributed by atoms with E-state index in [1.165, 1.54) is 32.7 Å². The third kappa shape index (κ3) is 2.74. The van der Waals surface area contributed by atoms with Gasteiger partial charge in [-0.1, -0.05) is 0 Å². The van der Waals surface area contributed by atoms with Crippen molar-refractivity contribution in [3.8, 4) is 34.7 Å². The summed E-state index contributed by atoms with van der Waals surface area (Å²) in [6.45, 7) is 0. The van der Waals surface area contributed by atoms with Gasteiger partial charge in [-0.15, -0.1) is 16.4 Å². The van der Waals surface area contributed by atoms with Crippen LogP contribution in [0.25, 0.3) is 16.1 Å². The molecule has 2 aromatic heterocycles. The van der Waals surface area contributed by atoms with Gasteiger partial charge in [0.2, 0.25) is 0 Å². The fourth-order valence-electron chi connectivity index (χ4n) is 2.57. The number of ether oxygens (including phenoxy) is 3. The van der Waals surface area contributed by atoms with Crippen LogP contribution >= 0.6 is 11.3 Å². The van der Waals surface area contributed by atoms with Crippen LogP contribution in [0.4, 0.5) is 10.5 Å². The van der Waals surface area contributed by atoms with Gasteiger partial charge in [-0.3, -0.25) is 5.32 Å². The molecule has 3 aromatic rings. The second kappa shape index (κ2) is 6.81. The molecule has 0 aliphatic rings. The Bertz CT molecular complexity index is 1010. The zero-order chi connectivity index (χ0) is 18.8. The fraction of sp³-hybridized carbons (Fsp3) is 0.188. The third-order valence-electron chi connectivity index (χ3n) is 3.64. The molecule has 0 saturated heterocycles. The highest BCUT2D eigenvalue weighted by atomic mass is 32.1. The van der Waals surface area contributed by atoms with Crippen molar-refractivity contribution in [3.63, 3.8) is 0 Å². The summed E-state index contributed by atoms with van der Waals surface area (Å²) in [6, 6.07) is 5.25. The summed E-state index contributed by atoms with van der Waals surface area (Å²) in [5, 5.41) is 26.6. The highest BCUT2D eigenvalue weighted by molar-refractivity contribution is 7.16. The van der Waals surface area contributed by atoms with E-state index in [1.54, 1.807) is 22.0 Å². The predicted molar refractivity (Wildman–Crippen MR) is 94.5 cm³/mol. The maximum atomic E-state index is 11.1. The van der Waals surface area contributed by atoms with Crippen LogP contribution in [0.15, 0.2) is 17.5 Å². The number of methoxy groups -OCH3 is 3. The molecule has 2 heterocycles. The van der Waals surface area contributed by atoms with Gasteiger partial charge in [0.25, 0.3) is 5.88 Å². The van der Waals surface area contributed by atoms with Gasteiger partial charge in [0.1, 0.15) is 22.0 Å². The summed E-state index contributed by atoms with van der Waals surface area (Å²) in [6.07, 6.45) is -1.22. The van der Waals surface area contributed by atoms with E-state index in [0.29, 0.717) is 33.2 Å². The predicted octanol–water partition coefficient (Wildman–Crippen LogP) is 3.05. The number of carboxylic acid groups (broad SMARTS) is 1. The number of hydrogen-bond acceptors (Lipinski definition) is 7. The van der Waals surface area contributed by atoms with Crippen molar-refractivity contribution in [2.45, 2.75) is 0 Å². The SMILES string of the molecule is COc1cc(C#N)cc(OC)c1-c1csc2c(NC(=O)O)c(OC)nn12. The van der Waals surface area contributed by atoms with E-state index in [4.69, 9.17) is 24.6 Å². The Morgan fingerprint density at radius 3 is 2.42 bits per heavy atom. The summed E-state index contributed by atoms with van der Waals surface area (Å²) in [4.78, 5) is 11.6. The van der Waals surface area contributed by atoms with Crippen molar-refractivity contribution < 1.29 is 24.1 Å². The number of anilines is 1. The van der Waals surface area contributed by atoms with Crippen molar-refractivity contribution in [1.29, 1.82) is 5.26 Å². The van der Waals surface area contributed by atoms with Crippen molar-refractivity contribution in [2.24, 2.45) is 0 Å². The molecule has 2 N–H and O–H groups in total. The average molecular weight is 374 g/mol. The van der Waals surface area contributed by atoms with Crippen LogP contribution in [0.3, 0.4) is 0 Å². The molecule has 0 aliphatic heterocycles. The molecule has 0 unspecified atom stereocenters. The van der Waals surface area contributed by atoms with Crippen LogP contribution in [0.1, 0.15) is 5.56 Å². The molecular weight excluding hydrogens is 360 g/mol. The number of nitrogens with one attached hydrogen (secondary N) is 1. The van der Waals surface area contributed by atoms with Gasteiger partial charge < -0.3 is 19.3 Å². The zero-order valence-corrected chi connectivity index (χ0v) is 14.9. The van der Waals surface area contributed by atoms with Crippen LogP contribution in [-0.2, 0) is 0 Å². The minimum Gasteiger partial charge on any atom is -0.496 e. The smallest absolute Gasteiger partial charge is 0.409 e. The molecule has 0 atom stereocenters. The molecule has 1 aromatic carbocycles. The molecule has 9 nitrogen and oxygen atoms in total. The standard InChI is InChI=1S/C16H14N4O5S/c1-23-10-4-8(6-17)5-11(24-2)12(10)9-7-26-15-13(18-16(21)22)14(25-3)19-20(9)15/h4-5,7,18H,1-3H3,(H,21,22). The Morgan fingerprint density at radius 2 is 1.92 bits per heavy atom. The number of rotatable bonds is 5. The first-order valence-electron chi connectivity index (χ1n) is 7.24. The van der Waals surface area contributed by atoms with E-state index in [0.717, 1.165) is 0 Å². The van der Waals surface area contributed by atoms with Gasteiger partial charge >= 0.3 is 6.09 Å². The Morgan fingerprint density at radius 1 is 1.27 bits per heavy atom. The topological polar surface area (TPSA) is 118 Å². The van der Waals surface area contributed by atoms with Crippen molar-refractivity contribution in [1.82, 2.24) is 9.61 Å². The first-order valence-corrected chi connectivity index (χ1v) is 8.12. The van der Waals surface area contributed by atoms with Crippen LogP contribution < -0.4 is 19.5 Å². The van der Waals surface area contributed by atoms with Crippen molar-refractivity contribution in [3.05, 3.63) is 23.1 Å². The van der Waals surface area contributed by atoms with E-state index in [1.807, 2.05) is 0 Å². The molecule has 0 aliphatic carbocycles. The van der Waals surface area contributed by atoms with Gasteiger partial charge in [-0.05, 0) is 12.1 Å². The Labute approximate surface area is 151 Å². The lowest BCUT2D eigenvalue weighted by Crippen LogP contribution is -2.07. The Hall–Kier alpha value is -3.45. The molecule has 0 fully saturated rings. The van der Waals surface area contributed by atoms with Crippen LogP contribution in [0, 0.1) is 11.3 Å². The maximum absolute atomic E-state index is 11.1. The largest absolute Gasteiger partial charge is 0.496 e. The maximum Gasteiger partial charge on any atom is 0.409 e. The molecule has 0 spiro atoms. The molecule has 10 heteroatoms. The molecule has 3 rings (SSSR count). The minimum atomic E-state index is -1.22. The first-order chi connectivity index (χ1) is 12.5. The minimum absolute atomic E-state index is 0.145. The quantitative estimate of drug-likeness (QED) is 0.704. The summed E-state index contributed by atoms with van der Waals surface area (Å²) in [5.74, 6) is 1.01. The van der Waals surface area contributed by atoms with E-state index < -0.39 is 6.09 Å². The van der Waals surface area contributed by atoms with Gasteiger partial charge in [0, 0.05) is 5.38 Å². The lowest BCUT2D eigenvalue weighted by molar-refractivity contribution is 0.209. The number of aromatic nitrogens is 2. The number of carbonyl (C=O) groups is 1. The lowest BCUT2D eigenvalue weighted by atomic mass is 10.1. The van der Waals surface area contributed by atoms with Crippen LogP contribution in [0.2, 0.25) is 0 Å². The first kappa shape index (κ1) is 17.4. The van der Waals surface area contributed by atoms with Crippen molar-refractivity contribution in [2.75, 3.05) is 26.6 Å². The normalized spacial score (nSPS) is 10.4. The van der Waals surface area contributed by atoms with E-state index in [2.05, 4.69) is 16.5 Å². The summed E-state index contributed by atoms with van der Waals surface area (Å²) in [5.41, 5.74) is 1.84. The molecule has 0 saturated carbocycles. The highest BCUT2D eigenvalue weighted by Gasteiger charge is 2.24. The fourth-order valence-corrected chi connectivity index (χ4v) is 3.50. The molecule has 26 heavy (non-hydrogen) atoms. The number of hydrogen-bond donors (Lipinski definition) is 2. The molecule has 0 radical (unpaired) electrons. The van der Waals surface area contributed by atoms with Gasteiger partial charge in [0.05, 0.1) is 44.2 Å². The number of benzene rings is 1. The van der Waals surface area contributed by atoms with E-state index >= 15 is 0 Å². The van der Waals surface area contributed by atoms with E-state index in [9.17, 15) is 4.79 Å². The third-order valence-corrected chi connectivity index (χ3v) is 4.58. The number of nitriles is 1. The monoisotopic (exact) mass is 374 g/mol. The number of fused-ring (bicyclic) bond motifs is 1. The summed E-state index contributed by atoms with van der Waals surface area (Å²) < 4.78 is 17.6. The number of nitrogens with zero attached hydrogens (tertiary/aromatic N) is 3. The van der Waals surface area contributed by atoms with Crippen molar-refractivity contribution >= 4 is 27.9 Å². The van der Waals surface area contributed by atoms with Gasteiger partial charge in [-0.2, -0.15) is 5.26 Å².